The first-order chi connectivity index (χ1) is 11.4. The van der Waals surface area contributed by atoms with Crippen molar-refractivity contribution in [3.05, 3.63) is 53.1 Å². The summed E-state index contributed by atoms with van der Waals surface area (Å²) in [6.07, 6.45) is 2.45. The Morgan fingerprint density at radius 1 is 0.875 bits per heavy atom. The molecule has 128 valence electrons. The van der Waals surface area contributed by atoms with E-state index in [1.165, 1.54) is 18.5 Å². The normalized spacial score (nSPS) is 14.9. The van der Waals surface area contributed by atoms with E-state index in [0.717, 1.165) is 29.8 Å². The monoisotopic (exact) mass is 344 g/mol. The maximum absolute atomic E-state index is 12.6. The average Bonchev–Trinajstić information content (AvgIpc) is 3.03. The lowest BCUT2D eigenvalue weighted by atomic mass is 10.1. The van der Waals surface area contributed by atoms with Crippen molar-refractivity contribution in [2.75, 3.05) is 22.7 Å². The van der Waals surface area contributed by atoms with E-state index in [2.05, 4.69) is 9.62 Å². The standard InChI is InChI=1S/C19H24N2O2S/c1-14-6-8-18(13-15(14)2)24(22,23)20-17-7-9-19(16(3)12-17)21-10-4-5-11-21/h6-9,12-13,20H,4-5,10-11H2,1-3H3. The van der Waals surface area contributed by atoms with E-state index >= 15 is 0 Å². The Kier molecular flexibility index (Phi) is 4.54. The Bertz CT molecular complexity index is 854. The highest BCUT2D eigenvalue weighted by Crippen LogP contribution is 2.28. The van der Waals surface area contributed by atoms with Gasteiger partial charge < -0.3 is 4.90 Å². The van der Waals surface area contributed by atoms with Crippen LogP contribution in [-0.4, -0.2) is 21.5 Å². The number of aryl methyl sites for hydroxylation is 3. The first-order valence-corrected chi connectivity index (χ1v) is 9.81. The van der Waals surface area contributed by atoms with Crippen molar-refractivity contribution in [1.82, 2.24) is 0 Å². The van der Waals surface area contributed by atoms with Gasteiger partial charge in [0, 0.05) is 24.5 Å². The summed E-state index contributed by atoms with van der Waals surface area (Å²) in [5.74, 6) is 0. The van der Waals surface area contributed by atoms with Crippen molar-refractivity contribution in [1.29, 1.82) is 0 Å². The molecule has 2 aromatic carbocycles. The third kappa shape index (κ3) is 3.41. The molecular formula is C19H24N2O2S. The summed E-state index contributed by atoms with van der Waals surface area (Å²) in [6.45, 7) is 8.08. The second-order valence-corrected chi connectivity index (χ2v) is 8.23. The van der Waals surface area contributed by atoms with Gasteiger partial charge in [0.1, 0.15) is 0 Å². The van der Waals surface area contributed by atoms with E-state index in [9.17, 15) is 8.42 Å². The molecule has 1 heterocycles. The van der Waals surface area contributed by atoms with Crippen LogP contribution >= 0.6 is 0 Å². The van der Waals surface area contributed by atoms with Crippen LogP contribution < -0.4 is 9.62 Å². The molecule has 24 heavy (non-hydrogen) atoms. The quantitative estimate of drug-likeness (QED) is 0.911. The van der Waals surface area contributed by atoms with E-state index in [1.54, 1.807) is 12.1 Å². The van der Waals surface area contributed by atoms with E-state index < -0.39 is 10.0 Å². The molecule has 3 rings (SSSR count). The SMILES string of the molecule is Cc1ccc(S(=O)(=O)Nc2ccc(N3CCCC3)c(C)c2)cc1C. The molecular weight excluding hydrogens is 320 g/mol. The molecule has 2 aromatic rings. The maximum atomic E-state index is 12.6. The molecule has 0 atom stereocenters. The topological polar surface area (TPSA) is 49.4 Å². The van der Waals surface area contributed by atoms with Crippen LogP contribution in [0.3, 0.4) is 0 Å². The maximum Gasteiger partial charge on any atom is 0.261 e. The van der Waals surface area contributed by atoms with Crippen LogP contribution in [0, 0.1) is 20.8 Å². The largest absolute Gasteiger partial charge is 0.371 e. The molecule has 0 bridgehead atoms. The van der Waals surface area contributed by atoms with Crippen molar-refractivity contribution in [2.45, 2.75) is 38.5 Å². The molecule has 0 radical (unpaired) electrons. The Morgan fingerprint density at radius 3 is 2.21 bits per heavy atom. The lowest BCUT2D eigenvalue weighted by Gasteiger charge is -2.21. The number of hydrogen-bond acceptors (Lipinski definition) is 3. The number of hydrogen-bond donors (Lipinski definition) is 1. The second-order valence-electron chi connectivity index (χ2n) is 6.55. The zero-order chi connectivity index (χ0) is 17.3. The molecule has 5 heteroatoms. The molecule has 0 aromatic heterocycles. The first-order valence-electron chi connectivity index (χ1n) is 8.32. The Balaban J connectivity index is 1.84. The molecule has 0 saturated carbocycles. The van der Waals surface area contributed by atoms with Gasteiger partial charge in [0.25, 0.3) is 10.0 Å². The Labute approximate surface area is 144 Å². The number of anilines is 2. The minimum absolute atomic E-state index is 0.298. The minimum atomic E-state index is -3.56. The zero-order valence-electron chi connectivity index (χ0n) is 14.5. The van der Waals surface area contributed by atoms with Crippen molar-refractivity contribution in [3.8, 4) is 0 Å². The molecule has 0 aliphatic carbocycles. The van der Waals surface area contributed by atoms with E-state index in [0.29, 0.717) is 10.6 Å². The van der Waals surface area contributed by atoms with Crippen molar-refractivity contribution >= 4 is 21.4 Å². The van der Waals surface area contributed by atoms with Crippen molar-refractivity contribution in [3.63, 3.8) is 0 Å². The molecule has 1 fully saturated rings. The van der Waals surface area contributed by atoms with Gasteiger partial charge in [0.05, 0.1) is 4.90 Å². The van der Waals surface area contributed by atoms with Crippen LogP contribution in [0.2, 0.25) is 0 Å². The summed E-state index contributed by atoms with van der Waals surface area (Å²) in [5.41, 5.74) is 4.95. The minimum Gasteiger partial charge on any atom is -0.371 e. The Hall–Kier alpha value is -2.01. The predicted molar refractivity (Wildman–Crippen MR) is 99.4 cm³/mol. The third-order valence-electron chi connectivity index (χ3n) is 4.68. The lowest BCUT2D eigenvalue weighted by molar-refractivity contribution is 0.601. The predicted octanol–water partition coefficient (Wildman–Crippen LogP) is 4.01. The van der Waals surface area contributed by atoms with Gasteiger partial charge in [-0.2, -0.15) is 0 Å². The number of rotatable bonds is 4. The highest BCUT2D eigenvalue weighted by Gasteiger charge is 2.17. The fourth-order valence-electron chi connectivity index (χ4n) is 3.13. The van der Waals surface area contributed by atoms with Crippen LogP contribution in [0.5, 0.6) is 0 Å². The molecule has 4 nitrogen and oxygen atoms in total. The summed E-state index contributed by atoms with van der Waals surface area (Å²) in [4.78, 5) is 2.66. The van der Waals surface area contributed by atoms with Crippen LogP contribution in [0.15, 0.2) is 41.3 Å². The molecule has 0 unspecified atom stereocenters. The summed E-state index contributed by atoms with van der Waals surface area (Å²) in [5, 5.41) is 0. The third-order valence-corrected chi connectivity index (χ3v) is 6.06. The van der Waals surface area contributed by atoms with Gasteiger partial charge in [-0.3, -0.25) is 4.72 Å². The van der Waals surface area contributed by atoms with Crippen molar-refractivity contribution in [2.24, 2.45) is 0 Å². The van der Waals surface area contributed by atoms with Gasteiger partial charge in [0.15, 0.2) is 0 Å². The first kappa shape index (κ1) is 16.8. The second kappa shape index (κ2) is 6.48. The number of benzene rings is 2. The molecule has 1 aliphatic heterocycles. The fraction of sp³-hybridized carbons (Fsp3) is 0.368. The van der Waals surface area contributed by atoms with Crippen LogP contribution in [-0.2, 0) is 10.0 Å². The van der Waals surface area contributed by atoms with Crippen LogP contribution in [0.25, 0.3) is 0 Å². The van der Waals surface area contributed by atoms with Crippen LogP contribution in [0.4, 0.5) is 11.4 Å². The number of sulfonamides is 1. The van der Waals surface area contributed by atoms with Crippen molar-refractivity contribution < 1.29 is 8.42 Å². The van der Waals surface area contributed by atoms with Gasteiger partial charge in [-0.05, 0) is 80.6 Å². The highest BCUT2D eigenvalue weighted by atomic mass is 32.2. The van der Waals surface area contributed by atoms with Gasteiger partial charge in [-0.1, -0.05) is 6.07 Å². The van der Waals surface area contributed by atoms with E-state index in [1.807, 2.05) is 45.0 Å². The molecule has 1 saturated heterocycles. The number of nitrogens with one attached hydrogen (secondary N) is 1. The van der Waals surface area contributed by atoms with E-state index in [-0.39, 0.29) is 0 Å². The van der Waals surface area contributed by atoms with Gasteiger partial charge in [-0.25, -0.2) is 8.42 Å². The highest BCUT2D eigenvalue weighted by molar-refractivity contribution is 7.92. The van der Waals surface area contributed by atoms with Crippen LogP contribution in [0.1, 0.15) is 29.5 Å². The van der Waals surface area contributed by atoms with E-state index in [4.69, 9.17) is 0 Å². The zero-order valence-corrected chi connectivity index (χ0v) is 15.3. The molecule has 0 spiro atoms. The van der Waals surface area contributed by atoms with Gasteiger partial charge in [0.2, 0.25) is 0 Å². The van der Waals surface area contributed by atoms with Gasteiger partial charge >= 0.3 is 0 Å². The average molecular weight is 344 g/mol. The summed E-state index contributed by atoms with van der Waals surface area (Å²) < 4.78 is 27.9. The molecule has 1 N–H and O–H groups in total. The van der Waals surface area contributed by atoms with Gasteiger partial charge in [-0.15, -0.1) is 0 Å². The smallest absolute Gasteiger partial charge is 0.261 e. The summed E-state index contributed by atoms with van der Waals surface area (Å²) >= 11 is 0. The fourth-order valence-corrected chi connectivity index (χ4v) is 4.26. The molecule has 1 aliphatic rings. The lowest BCUT2D eigenvalue weighted by Crippen LogP contribution is -2.19. The Morgan fingerprint density at radius 2 is 1.58 bits per heavy atom. The summed E-state index contributed by atoms with van der Waals surface area (Å²) in [7, 11) is -3.56. The number of nitrogens with zero attached hydrogens (tertiary/aromatic N) is 1. The molecule has 0 amide bonds. The summed E-state index contributed by atoms with van der Waals surface area (Å²) in [6, 6.07) is 11.0.